The van der Waals surface area contributed by atoms with Crippen LogP contribution in [0, 0.1) is 0 Å². The summed E-state index contributed by atoms with van der Waals surface area (Å²) in [6, 6.07) is 3.73. The summed E-state index contributed by atoms with van der Waals surface area (Å²) >= 11 is 5.57. The van der Waals surface area contributed by atoms with E-state index >= 15 is 0 Å². The summed E-state index contributed by atoms with van der Waals surface area (Å²) in [5, 5.41) is 19.0. The van der Waals surface area contributed by atoms with E-state index in [2.05, 4.69) is 0 Å². The second-order valence-corrected chi connectivity index (χ2v) is 4.19. The third kappa shape index (κ3) is 3.38. The zero-order valence-electron chi connectivity index (χ0n) is 8.79. The molecule has 0 aliphatic carbocycles. The van der Waals surface area contributed by atoms with Gasteiger partial charge in [-0.3, -0.25) is 4.79 Å². The molecule has 2 N–H and O–H groups in total. The van der Waals surface area contributed by atoms with Gasteiger partial charge in [-0.05, 0) is 18.2 Å². The fraction of sp³-hybridized carbons (Fsp3) is 0.364. The molecule has 1 rings (SSSR count). The number of aromatic hydroxyl groups is 1. The van der Waals surface area contributed by atoms with E-state index in [1.54, 1.807) is 0 Å². The first kappa shape index (κ1) is 13.9. The molecular formula is C11H11ClF2O3. The number of Topliss-reactive ketones (excluding diaryl/α,β-unsaturated/α-hetero) is 1. The van der Waals surface area contributed by atoms with Gasteiger partial charge < -0.3 is 10.2 Å². The Labute approximate surface area is 102 Å². The first-order valence-corrected chi connectivity index (χ1v) is 5.16. The Bertz CT molecular complexity index is 419. The summed E-state index contributed by atoms with van der Waals surface area (Å²) in [6.07, 6.45) is -0.741. The van der Waals surface area contributed by atoms with Crippen molar-refractivity contribution in [2.45, 2.75) is 12.0 Å². The zero-order chi connectivity index (χ0) is 13.1. The zero-order valence-corrected chi connectivity index (χ0v) is 9.55. The van der Waals surface area contributed by atoms with Gasteiger partial charge >= 0.3 is 0 Å². The van der Waals surface area contributed by atoms with Crippen molar-refractivity contribution in [2.24, 2.45) is 0 Å². The largest absolute Gasteiger partial charge is 0.507 e. The van der Waals surface area contributed by atoms with Crippen LogP contribution in [0.15, 0.2) is 18.2 Å². The van der Waals surface area contributed by atoms with Crippen LogP contribution in [-0.4, -0.2) is 34.9 Å². The first-order chi connectivity index (χ1) is 7.91. The van der Waals surface area contributed by atoms with Crippen LogP contribution >= 0.6 is 11.6 Å². The van der Waals surface area contributed by atoms with Crippen molar-refractivity contribution in [2.75, 3.05) is 13.3 Å². The van der Waals surface area contributed by atoms with E-state index < -0.39 is 31.2 Å². The molecule has 0 radical (unpaired) electrons. The van der Waals surface area contributed by atoms with Crippen molar-refractivity contribution >= 4 is 17.4 Å². The minimum absolute atomic E-state index is 0.130. The highest BCUT2D eigenvalue weighted by molar-refractivity contribution is 6.30. The van der Waals surface area contributed by atoms with Crippen molar-refractivity contribution in [3.05, 3.63) is 28.8 Å². The second kappa shape index (κ2) is 5.42. The number of phenols is 1. The molecule has 0 saturated heterocycles. The molecule has 0 saturated carbocycles. The molecule has 0 fully saturated rings. The van der Waals surface area contributed by atoms with Crippen LogP contribution in [0.4, 0.5) is 8.78 Å². The molecule has 0 aliphatic rings. The number of carbonyl (C=O) groups excluding carboxylic acids is 1. The van der Waals surface area contributed by atoms with Crippen molar-refractivity contribution in [3.8, 4) is 5.75 Å². The van der Waals surface area contributed by atoms with Crippen LogP contribution in [-0.2, 0) is 0 Å². The van der Waals surface area contributed by atoms with Crippen molar-refractivity contribution in [1.29, 1.82) is 0 Å². The summed E-state index contributed by atoms with van der Waals surface area (Å²) in [6.45, 7) is -2.74. The molecule has 0 aliphatic heterocycles. The number of ketones is 1. The van der Waals surface area contributed by atoms with Gasteiger partial charge in [0.15, 0.2) is 5.78 Å². The van der Waals surface area contributed by atoms with Gasteiger partial charge in [0.05, 0.1) is 5.56 Å². The Morgan fingerprint density at radius 2 is 1.94 bits per heavy atom. The Morgan fingerprint density at radius 3 is 2.41 bits per heavy atom. The normalized spacial score (nSPS) is 11.5. The highest BCUT2D eigenvalue weighted by atomic mass is 35.5. The lowest BCUT2D eigenvalue weighted by molar-refractivity contribution is -0.00916. The van der Waals surface area contributed by atoms with Crippen LogP contribution in [0.1, 0.15) is 16.8 Å². The van der Waals surface area contributed by atoms with Gasteiger partial charge in [-0.25, -0.2) is 8.78 Å². The number of halogens is 3. The van der Waals surface area contributed by atoms with Gasteiger partial charge in [0.1, 0.15) is 24.7 Å². The van der Waals surface area contributed by atoms with E-state index in [1.807, 2.05) is 0 Å². The molecular weight excluding hydrogens is 254 g/mol. The van der Waals surface area contributed by atoms with Crippen LogP contribution in [0.2, 0.25) is 5.02 Å². The Hall–Kier alpha value is -1.20. The van der Waals surface area contributed by atoms with E-state index in [1.165, 1.54) is 12.1 Å². The number of hydrogen-bond acceptors (Lipinski definition) is 3. The SMILES string of the molecule is O=C(CC(O)(CF)CF)c1ccc(Cl)cc1O. The average molecular weight is 265 g/mol. The molecule has 0 unspecified atom stereocenters. The third-order valence-electron chi connectivity index (χ3n) is 2.25. The van der Waals surface area contributed by atoms with Crippen LogP contribution in [0.25, 0.3) is 0 Å². The van der Waals surface area contributed by atoms with Gasteiger partial charge in [0.2, 0.25) is 0 Å². The molecule has 0 atom stereocenters. The molecule has 0 bridgehead atoms. The summed E-state index contributed by atoms with van der Waals surface area (Å²) in [4.78, 5) is 11.6. The minimum Gasteiger partial charge on any atom is -0.507 e. The summed E-state index contributed by atoms with van der Waals surface area (Å²) in [5.41, 5.74) is -2.46. The average Bonchev–Trinajstić information content (AvgIpc) is 2.28. The van der Waals surface area contributed by atoms with Crippen molar-refractivity contribution < 1.29 is 23.8 Å². The maximum absolute atomic E-state index is 12.4. The number of rotatable bonds is 5. The highest BCUT2D eigenvalue weighted by Crippen LogP contribution is 2.25. The molecule has 17 heavy (non-hydrogen) atoms. The molecule has 1 aromatic carbocycles. The van der Waals surface area contributed by atoms with E-state index in [-0.39, 0.29) is 16.3 Å². The number of aliphatic hydroxyl groups is 1. The van der Waals surface area contributed by atoms with Gasteiger partial charge in [-0.15, -0.1) is 0 Å². The summed E-state index contributed by atoms with van der Waals surface area (Å²) in [5.74, 6) is -1.14. The summed E-state index contributed by atoms with van der Waals surface area (Å²) in [7, 11) is 0. The van der Waals surface area contributed by atoms with E-state index in [9.17, 15) is 23.8 Å². The number of benzene rings is 1. The lowest BCUT2D eigenvalue weighted by atomic mass is 9.96. The van der Waals surface area contributed by atoms with Gasteiger partial charge in [-0.1, -0.05) is 11.6 Å². The predicted octanol–water partition coefficient (Wildman–Crippen LogP) is 2.29. The van der Waals surface area contributed by atoms with Gasteiger partial charge in [-0.2, -0.15) is 0 Å². The Morgan fingerprint density at radius 1 is 1.35 bits per heavy atom. The molecule has 0 heterocycles. The smallest absolute Gasteiger partial charge is 0.169 e. The Kier molecular flexibility index (Phi) is 4.42. The number of carbonyl (C=O) groups is 1. The maximum atomic E-state index is 12.4. The van der Waals surface area contributed by atoms with Crippen LogP contribution < -0.4 is 0 Å². The van der Waals surface area contributed by atoms with Crippen molar-refractivity contribution in [3.63, 3.8) is 0 Å². The fourth-order valence-electron chi connectivity index (χ4n) is 1.26. The monoisotopic (exact) mass is 264 g/mol. The molecule has 94 valence electrons. The standard InChI is InChI=1S/C11H11ClF2O3/c12-7-1-2-8(9(15)3-7)10(16)4-11(17,5-13)6-14/h1-3,15,17H,4-6H2. The van der Waals surface area contributed by atoms with E-state index in [0.717, 1.165) is 6.07 Å². The van der Waals surface area contributed by atoms with Crippen LogP contribution in [0.3, 0.4) is 0 Å². The lowest BCUT2D eigenvalue weighted by Gasteiger charge is -2.20. The highest BCUT2D eigenvalue weighted by Gasteiger charge is 2.31. The Balaban J connectivity index is 2.90. The first-order valence-electron chi connectivity index (χ1n) is 4.78. The predicted molar refractivity (Wildman–Crippen MR) is 59.0 cm³/mol. The fourth-order valence-corrected chi connectivity index (χ4v) is 1.43. The van der Waals surface area contributed by atoms with Gasteiger partial charge in [0.25, 0.3) is 0 Å². The maximum Gasteiger partial charge on any atom is 0.169 e. The number of alkyl halides is 2. The van der Waals surface area contributed by atoms with Crippen molar-refractivity contribution in [1.82, 2.24) is 0 Å². The van der Waals surface area contributed by atoms with E-state index in [4.69, 9.17) is 11.6 Å². The number of phenolic OH excluding ortho intramolecular Hbond substituents is 1. The second-order valence-electron chi connectivity index (χ2n) is 3.75. The number of hydrogen-bond donors (Lipinski definition) is 2. The summed E-state index contributed by atoms with van der Waals surface area (Å²) < 4.78 is 24.7. The molecule has 6 heteroatoms. The third-order valence-corrected chi connectivity index (χ3v) is 2.48. The van der Waals surface area contributed by atoms with Gasteiger partial charge in [0, 0.05) is 11.4 Å². The molecule has 0 aromatic heterocycles. The topological polar surface area (TPSA) is 57.5 Å². The quantitative estimate of drug-likeness (QED) is 0.802. The molecule has 0 amide bonds. The molecule has 0 spiro atoms. The van der Waals surface area contributed by atoms with E-state index in [0.29, 0.717) is 0 Å². The van der Waals surface area contributed by atoms with Crippen LogP contribution in [0.5, 0.6) is 5.75 Å². The molecule has 1 aromatic rings. The minimum atomic E-state index is -2.33. The lowest BCUT2D eigenvalue weighted by Crippen LogP contribution is -2.36. The molecule has 3 nitrogen and oxygen atoms in total.